The third-order valence-corrected chi connectivity index (χ3v) is 5.14. The molecule has 1 aromatic carbocycles. The van der Waals surface area contributed by atoms with Crippen LogP contribution in [0.1, 0.15) is 50.5 Å². The van der Waals surface area contributed by atoms with Crippen LogP contribution < -0.4 is 10.5 Å². The van der Waals surface area contributed by atoms with E-state index in [1.807, 2.05) is 18.2 Å². The van der Waals surface area contributed by atoms with Gasteiger partial charge in [0.05, 0.1) is 11.7 Å². The second-order valence-corrected chi connectivity index (χ2v) is 6.70. The van der Waals surface area contributed by atoms with Crippen LogP contribution in [0.3, 0.4) is 0 Å². The quantitative estimate of drug-likeness (QED) is 0.912. The zero-order valence-electron chi connectivity index (χ0n) is 12.4. The molecule has 116 valence electrons. The number of hydrogen-bond donors (Lipinski definition) is 1. The first-order chi connectivity index (χ1) is 10.2. The van der Waals surface area contributed by atoms with Crippen LogP contribution in [-0.2, 0) is 11.3 Å². The Labute approximate surface area is 131 Å². The lowest BCUT2D eigenvalue weighted by Gasteiger charge is -2.33. The van der Waals surface area contributed by atoms with E-state index < -0.39 is 0 Å². The molecular weight excluding hydrogens is 286 g/mol. The van der Waals surface area contributed by atoms with E-state index in [1.165, 1.54) is 38.5 Å². The minimum Gasteiger partial charge on any atom is -0.491 e. The number of nitrogens with two attached hydrogens (primary N) is 1. The fraction of sp³-hybridized carbons (Fsp3) is 0.647. The molecule has 1 atom stereocenters. The molecule has 2 fully saturated rings. The second kappa shape index (κ2) is 6.55. The van der Waals surface area contributed by atoms with Crippen molar-refractivity contribution < 1.29 is 9.47 Å². The Kier molecular flexibility index (Phi) is 4.72. The monoisotopic (exact) mass is 309 g/mol. The summed E-state index contributed by atoms with van der Waals surface area (Å²) in [4.78, 5) is 0. The molecular formula is C17H24ClNO2. The smallest absolute Gasteiger partial charge is 0.120 e. The maximum atomic E-state index is 6.31. The second-order valence-electron chi connectivity index (χ2n) is 6.29. The van der Waals surface area contributed by atoms with Crippen LogP contribution in [0, 0.1) is 0 Å². The van der Waals surface area contributed by atoms with E-state index in [2.05, 4.69) is 0 Å². The summed E-state index contributed by atoms with van der Waals surface area (Å²) in [5, 5.41) is 0.672. The average molecular weight is 310 g/mol. The van der Waals surface area contributed by atoms with Gasteiger partial charge in [-0.1, -0.05) is 36.9 Å². The molecule has 1 aromatic rings. The van der Waals surface area contributed by atoms with Crippen molar-refractivity contribution in [3.63, 3.8) is 0 Å². The van der Waals surface area contributed by atoms with Crippen LogP contribution in [0.15, 0.2) is 18.2 Å². The predicted octanol–water partition coefficient (Wildman–Crippen LogP) is 4.06. The molecule has 0 radical (unpaired) electrons. The van der Waals surface area contributed by atoms with Crippen molar-refractivity contribution in [2.45, 2.75) is 63.2 Å². The van der Waals surface area contributed by atoms with E-state index in [0.29, 0.717) is 18.2 Å². The van der Waals surface area contributed by atoms with Gasteiger partial charge in [0.1, 0.15) is 12.4 Å². The van der Waals surface area contributed by atoms with Crippen LogP contribution in [0.4, 0.5) is 0 Å². The van der Waals surface area contributed by atoms with Gasteiger partial charge in [0.15, 0.2) is 0 Å². The Bertz CT molecular complexity index is 486. The van der Waals surface area contributed by atoms with E-state index in [9.17, 15) is 0 Å². The Morgan fingerprint density at radius 3 is 2.76 bits per heavy atom. The zero-order valence-corrected chi connectivity index (χ0v) is 13.2. The van der Waals surface area contributed by atoms with Gasteiger partial charge < -0.3 is 15.2 Å². The largest absolute Gasteiger partial charge is 0.491 e. The highest BCUT2D eigenvalue weighted by atomic mass is 35.5. The normalized spacial score (nSPS) is 24.4. The molecule has 1 heterocycles. The van der Waals surface area contributed by atoms with Crippen molar-refractivity contribution in [2.75, 3.05) is 6.61 Å². The summed E-state index contributed by atoms with van der Waals surface area (Å²) < 4.78 is 12.2. The lowest BCUT2D eigenvalue weighted by atomic mass is 9.83. The van der Waals surface area contributed by atoms with Crippen LogP contribution in [-0.4, -0.2) is 18.3 Å². The Hall–Kier alpha value is -0.770. The number of benzene rings is 1. The van der Waals surface area contributed by atoms with Gasteiger partial charge in [-0.3, -0.25) is 0 Å². The van der Waals surface area contributed by atoms with Crippen LogP contribution >= 0.6 is 11.6 Å². The molecule has 1 saturated carbocycles. The van der Waals surface area contributed by atoms with Crippen molar-refractivity contribution in [3.05, 3.63) is 28.8 Å². The lowest BCUT2D eigenvalue weighted by Crippen LogP contribution is -2.32. The van der Waals surface area contributed by atoms with Gasteiger partial charge in [0, 0.05) is 11.6 Å². The van der Waals surface area contributed by atoms with E-state index in [0.717, 1.165) is 17.7 Å². The highest BCUT2D eigenvalue weighted by Crippen LogP contribution is 2.42. The Balaban J connectivity index is 1.53. The summed E-state index contributed by atoms with van der Waals surface area (Å²) in [5.74, 6) is 0.797. The fourth-order valence-electron chi connectivity index (χ4n) is 3.55. The van der Waals surface area contributed by atoms with E-state index in [1.54, 1.807) is 0 Å². The maximum Gasteiger partial charge on any atom is 0.120 e. The summed E-state index contributed by atoms with van der Waals surface area (Å²) in [7, 11) is 0. The molecule has 3 rings (SSSR count). The number of rotatable bonds is 4. The van der Waals surface area contributed by atoms with Gasteiger partial charge >= 0.3 is 0 Å². The number of halogens is 1. The molecule has 0 amide bonds. The van der Waals surface area contributed by atoms with Crippen LogP contribution in [0.5, 0.6) is 5.75 Å². The molecule has 1 spiro atoms. The van der Waals surface area contributed by atoms with Gasteiger partial charge in [-0.2, -0.15) is 0 Å². The van der Waals surface area contributed by atoms with E-state index in [-0.39, 0.29) is 11.7 Å². The van der Waals surface area contributed by atoms with E-state index >= 15 is 0 Å². The first kappa shape index (κ1) is 15.1. The topological polar surface area (TPSA) is 44.5 Å². The molecule has 1 aliphatic carbocycles. The van der Waals surface area contributed by atoms with Crippen LogP contribution in [0.25, 0.3) is 0 Å². The molecule has 1 unspecified atom stereocenters. The average Bonchev–Trinajstić information content (AvgIpc) is 2.89. The number of ether oxygens (including phenoxy) is 2. The minimum absolute atomic E-state index is 0.160. The highest BCUT2D eigenvalue weighted by Gasteiger charge is 2.40. The summed E-state index contributed by atoms with van der Waals surface area (Å²) in [6.07, 6.45) is 8.94. The van der Waals surface area contributed by atoms with Crippen LogP contribution in [0.2, 0.25) is 5.02 Å². The standard InChI is InChI=1S/C17H24ClNO2/c18-16-10-14(5-4-13(16)11-19)20-12-15-6-9-17(21-15)7-2-1-3-8-17/h4-5,10,15H,1-3,6-9,11-12,19H2. The van der Waals surface area contributed by atoms with Gasteiger partial charge in [0.25, 0.3) is 0 Å². The molecule has 0 bridgehead atoms. The van der Waals surface area contributed by atoms with Gasteiger partial charge in [-0.25, -0.2) is 0 Å². The predicted molar refractivity (Wildman–Crippen MR) is 84.8 cm³/mol. The minimum atomic E-state index is 0.160. The Morgan fingerprint density at radius 2 is 2.05 bits per heavy atom. The van der Waals surface area contributed by atoms with Gasteiger partial charge in [0.2, 0.25) is 0 Å². The molecule has 4 heteroatoms. The lowest BCUT2D eigenvalue weighted by molar-refractivity contribution is -0.0748. The summed E-state index contributed by atoms with van der Waals surface area (Å²) in [5.41, 5.74) is 6.71. The highest BCUT2D eigenvalue weighted by molar-refractivity contribution is 6.31. The number of hydrogen-bond acceptors (Lipinski definition) is 3. The third kappa shape index (κ3) is 3.53. The molecule has 2 aliphatic rings. The van der Waals surface area contributed by atoms with Crippen molar-refractivity contribution in [3.8, 4) is 5.75 Å². The Morgan fingerprint density at radius 1 is 1.24 bits per heavy atom. The van der Waals surface area contributed by atoms with Gasteiger partial charge in [-0.05, 0) is 43.4 Å². The van der Waals surface area contributed by atoms with Crippen molar-refractivity contribution in [1.82, 2.24) is 0 Å². The molecule has 2 N–H and O–H groups in total. The summed E-state index contributed by atoms with van der Waals surface area (Å²) in [6, 6.07) is 5.70. The molecule has 21 heavy (non-hydrogen) atoms. The first-order valence-electron chi connectivity index (χ1n) is 8.00. The SMILES string of the molecule is NCc1ccc(OCC2CCC3(CCCCC3)O2)cc1Cl. The zero-order chi connectivity index (χ0) is 14.7. The summed E-state index contributed by atoms with van der Waals surface area (Å²) in [6.45, 7) is 1.06. The van der Waals surface area contributed by atoms with Crippen molar-refractivity contribution in [1.29, 1.82) is 0 Å². The molecule has 3 nitrogen and oxygen atoms in total. The van der Waals surface area contributed by atoms with Crippen molar-refractivity contribution >= 4 is 11.6 Å². The van der Waals surface area contributed by atoms with Crippen molar-refractivity contribution in [2.24, 2.45) is 5.73 Å². The van der Waals surface area contributed by atoms with Gasteiger partial charge in [-0.15, -0.1) is 0 Å². The molecule has 0 aromatic heterocycles. The summed E-state index contributed by atoms with van der Waals surface area (Å²) >= 11 is 6.15. The first-order valence-corrected chi connectivity index (χ1v) is 8.38. The fourth-order valence-corrected chi connectivity index (χ4v) is 3.80. The maximum absolute atomic E-state index is 6.31. The third-order valence-electron chi connectivity index (χ3n) is 4.78. The molecule has 1 saturated heterocycles. The molecule has 1 aliphatic heterocycles. The van der Waals surface area contributed by atoms with E-state index in [4.69, 9.17) is 26.8 Å².